The van der Waals surface area contributed by atoms with Crippen LogP contribution in [0.5, 0.6) is 0 Å². The minimum absolute atomic E-state index is 0.364. The molecule has 0 amide bonds. The van der Waals surface area contributed by atoms with E-state index in [1.54, 1.807) is 17.8 Å². The molecule has 0 saturated heterocycles. The fourth-order valence-electron chi connectivity index (χ4n) is 1.16. The Morgan fingerprint density at radius 1 is 1.69 bits per heavy atom. The molecule has 1 heterocycles. The van der Waals surface area contributed by atoms with Gasteiger partial charge in [-0.25, -0.2) is 9.78 Å². The van der Waals surface area contributed by atoms with E-state index in [2.05, 4.69) is 15.0 Å². The van der Waals surface area contributed by atoms with Crippen LogP contribution in [0.3, 0.4) is 0 Å². The number of nitrogens with two attached hydrogens (primary N) is 1. The maximum Gasteiger partial charge on any atom is 0.341 e. The van der Waals surface area contributed by atoms with Gasteiger partial charge in [-0.05, 0) is 12.3 Å². The molecule has 0 fully saturated rings. The molecule has 0 spiro atoms. The van der Waals surface area contributed by atoms with Crippen LogP contribution in [0.4, 0.5) is 11.5 Å². The predicted octanol–water partition coefficient (Wildman–Crippen LogP) is 1.23. The highest BCUT2D eigenvalue weighted by Gasteiger charge is 2.13. The number of esters is 1. The molecule has 0 unspecified atom stereocenters. The monoisotopic (exact) mass is 241 g/mol. The van der Waals surface area contributed by atoms with Gasteiger partial charge in [0.15, 0.2) is 0 Å². The first-order valence-electron chi connectivity index (χ1n) is 4.75. The van der Waals surface area contributed by atoms with Crippen LogP contribution in [0.25, 0.3) is 0 Å². The number of anilines is 2. The Morgan fingerprint density at radius 3 is 3.06 bits per heavy atom. The van der Waals surface area contributed by atoms with Crippen LogP contribution in [-0.4, -0.2) is 36.6 Å². The summed E-state index contributed by atoms with van der Waals surface area (Å²) in [7, 11) is 1.33. The number of hydrogen-bond donors (Lipinski definition) is 2. The Kier molecular flexibility index (Phi) is 4.91. The van der Waals surface area contributed by atoms with Gasteiger partial charge in [0.1, 0.15) is 11.4 Å². The molecule has 0 aliphatic carbocycles. The topological polar surface area (TPSA) is 77.2 Å². The standard InChI is InChI=1S/C10H15N3O2S/c1-15-10(14)8-5-7(11)6-13-9(8)12-3-4-16-2/h5-6H,3-4,11H2,1-2H3,(H,12,13). The molecule has 1 aromatic rings. The van der Waals surface area contributed by atoms with Crippen molar-refractivity contribution >= 4 is 29.2 Å². The molecule has 0 bridgehead atoms. The Balaban J connectivity index is 2.85. The van der Waals surface area contributed by atoms with Crippen molar-refractivity contribution in [1.82, 2.24) is 4.98 Å². The van der Waals surface area contributed by atoms with Crippen molar-refractivity contribution in [1.29, 1.82) is 0 Å². The van der Waals surface area contributed by atoms with E-state index in [4.69, 9.17) is 5.73 Å². The zero-order valence-electron chi connectivity index (χ0n) is 9.32. The molecule has 88 valence electrons. The van der Waals surface area contributed by atoms with Crippen molar-refractivity contribution in [2.75, 3.05) is 36.7 Å². The van der Waals surface area contributed by atoms with E-state index >= 15 is 0 Å². The number of hydrogen-bond acceptors (Lipinski definition) is 6. The molecule has 0 aliphatic heterocycles. The Morgan fingerprint density at radius 2 is 2.44 bits per heavy atom. The van der Waals surface area contributed by atoms with E-state index in [1.165, 1.54) is 13.3 Å². The first kappa shape index (κ1) is 12.6. The van der Waals surface area contributed by atoms with Crippen molar-refractivity contribution < 1.29 is 9.53 Å². The Bertz CT molecular complexity index is 371. The zero-order valence-corrected chi connectivity index (χ0v) is 10.1. The minimum atomic E-state index is -0.438. The van der Waals surface area contributed by atoms with Crippen molar-refractivity contribution in [3.05, 3.63) is 17.8 Å². The number of nitrogens with zero attached hydrogens (tertiary/aromatic N) is 1. The van der Waals surface area contributed by atoms with Crippen molar-refractivity contribution in [3.63, 3.8) is 0 Å². The summed E-state index contributed by atoms with van der Waals surface area (Å²) in [6.07, 6.45) is 3.52. The fourth-order valence-corrected chi connectivity index (χ4v) is 1.47. The first-order chi connectivity index (χ1) is 7.69. The maximum absolute atomic E-state index is 11.5. The third kappa shape index (κ3) is 3.30. The summed E-state index contributed by atoms with van der Waals surface area (Å²) in [4.78, 5) is 15.5. The number of pyridine rings is 1. The summed E-state index contributed by atoms with van der Waals surface area (Å²) in [5.74, 6) is 1.01. The lowest BCUT2D eigenvalue weighted by Crippen LogP contribution is -2.12. The quantitative estimate of drug-likeness (QED) is 0.596. The van der Waals surface area contributed by atoms with Crippen LogP contribution < -0.4 is 11.1 Å². The number of carbonyl (C=O) groups is 1. The van der Waals surface area contributed by atoms with E-state index in [9.17, 15) is 4.79 Å². The highest BCUT2D eigenvalue weighted by molar-refractivity contribution is 7.98. The lowest BCUT2D eigenvalue weighted by atomic mass is 10.2. The lowest BCUT2D eigenvalue weighted by molar-refractivity contribution is 0.0601. The predicted molar refractivity (Wildman–Crippen MR) is 66.9 cm³/mol. The largest absolute Gasteiger partial charge is 0.465 e. The third-order valence-corrected chi connectivity index (χ3v) is 2.53. The number of rotatable bonds is 5. The number of nitrogens with one attached hydrogen (secondary N) is 1. The van der Waals surface area contributed by atoms with Crippen LogP contribution in [0.2, 0.25) is 0 Å². The summed E-state index contributed by atoms with van der Waals surface area (Å²) in [5.41, 5.74) is 6.38. The highest BCUT2D eigenvalue weighted by Crippen LogP contribution is 2.16. The second kappa shape index (κ2) is 6.22. The average Bonchev–Trinajstić information content (AvgIpc) is 2.30. The molecule has 0 aliphatic rings. The van der Waals surface area contributed by atoms with Gasteiger partial charge in [-0.2, -0.15) is 11.8 Å². The average molecular weight is 241 g/mol. The molecule has 3 N–H and O–H groups in total. The van der Waals surface area contributed by atoms with Crippen LogP contribution in [0.15, 0.2) is 12.3 Å². The molecule has 1 rings (SSSR count). The zero-order chi connectivity index (χ0) is 12.0. The SMILES string of the molecule is COC(=O)c1cc(N)cnc1NCCSC. The molecule has 0 aromatic carbocycles. The van der Waals surface area contributed by atoms with Gasteiger partial charge in [-0.1, -0.05) is 0 Å². The first-order valence-corrected chi connectivity index (χ1v) is 6.15. The number of aromatic nitrogens is 1. The van der Waals surface area contributed by atoms with Gasteiger partial charge in [-0.3, -0.25) is 0 Å². The van der Waals surface area contributed by atoms with Crippen molar-refractivity contribution in [2.45, 2.75) is 0 Å². The number of nitrogen functional groups attached to an aromatic ring is 1. The highest BCUT2D eigenvalue weighted by atomic mass is 32.2. The molecule has 0 saturated carbocycles. The third-order valence-electron chi connectivity index (χ3n) is 1.91. The van der Waals surface area contributed by atoms with Gasteiger partial charge in [0.25, 0.3) is 0 Å². The van der Waals surface area contributed by atoms with E-state index in [1.807, 2.05) is 6.26 Å². The smallest absolute Gasteiger partial charge is 0.341 e. The fraction of sp³-hybridized carbons (Fsp3) is 0.400. The van der Waals surface area contributed by atoms with Crippen LogP contribution in [-0.2, 0) is 4.74 Å². The normalized spacial score (nSPS) is 9.88. The molecule has 0 radical (unpaired) electrons. The van der Waals surface area contributed by atoms with Crippen molar-refractivity contribution in [2.24, 2.45) is 0 Å². The molecule has 16 heavy (non-hydrogen) atoms. The Labute approximate surface area is 98.8 Å². The second-order valence-corrected chi connectivity index (χ2v) is 4.06. The molecule has 1 aromatic heterocycles. The summed E-state index contributed by atoms with van der Waals surface area (Å²) in [6.45, 7) is 0.738. The summed E-state index contributed by atoms with van der Waals surface area (Å²) in [5, 5.41) is 3.07. The molecule has 5 nitrogen and oxygen atoms in total. The van der Waals surface area contributed by atoms with Gasteiger partial charge in [-0.15, -0.1) is 0 Å². The number of ether oxygens (including phenoxy) is 1. The molecular formula is C10H15N3O2S. The van der Waals surface area contributed by atoms with Crippen molar-refractivity contribution in [3.8, 4) is 0 Å². The van der Waals surface area contributed by atoms with E-state index in [0.717, 1.165) is 12.3 Å². The van der Waals surface area contributed by atoms with E-state index < -0.39 is 5.97 Å². The van der Waals surface area contributed by atoms with Crippen LogP contribution in [0.1, 0.15) is 10.4 Å². The van der Waals surface area contributed by atoms with Gasteiger partial charge >= 0.3 is 5.97 Å². The molecule has 0 atom stereocenters. The van der Waals surface area contributed by atoms with Crippen LogP contribution >= 0.6 is 11.8 Å². The van der Waals surface area contributed by atoms with E-state index in [0.29, 0.717) is 17.1 Å². The minimum Gasteiger partial charge on any atom is -0.465 e. The molecular weight excluding hydrogens is 226 g/mol. The lowest BCUT2D eigenvalue weighted by Gasteiger charge is -2.09. The van der Waals surface area contributed by atoms with Gasteiger partial charge in [0.05, 0.1) is 19.0 Å². The second-order valence-electron chi connectivity index (χ2n) is 3.08. The Hall–Kier alpha value is -1.43. The van der Waals surface area contributed by atoms with E-state index in [-0.39, 0.29) is 0 Å². The summed E-state index contributed by atoms with van der Waals surface area (Å²) in [6, 6.07) is 1.56. The van der Waals surface area contributed by atoms with Gasteiger partial charge in [0.2, 0.25) is 0 Å². The number of methoxy groups -OCH3 is 1. The number of thioether (sulfide) groups is 1. The number of carbonyl (C=O) groups excluding carboxylic acids is 1. The maximum atomic E-state index is 11.5. The van der Waals surface area contributed by atoms with Gasteiger partial charge in [0, 0.05) is 12.3 Å². The summed E-state index contributed by atoms with van der Waals surface area (Å²) >= 11 is 1.71. The summed E-state index contributed by atoms with van der Waals surface area (Å²) < 4.78 is 4.66. The molecule has 6 heteroatoms. The van der Waals surface area contributed by atoms with Gasteiger partial charge < -0.3 is 15.8 Å². The van der Waals surface area contributed by atoms with Crippen LogP contribution in [0, 0.1) is 0 Å².